The van der Waals surface area contributed by atoms with E-state index in [9.17, 15) is 9.90 Å². The van der Waals surface area contributed by atoms with E-state index in [0.29, 0.717) is 5.02 Å². The SMILES string of the molecule is O=C(O)NCc1ccc(Br)c(Cl)c1Sc1ccccc1CO. The molecular formula is C15H13BrClNO3S. The highest BCUT2D eigenvalue weighted by molar-refractivity contribution is 9.10. The molecule has 0 heterocycles. The fraction of sp³-hybridized carbons (Fsp3) is 0.133. The first-order valence-corrected chi connectivity index (χ1v) is 8.32. The van der Waals surface area contributed by atoms with Crippen LogP contribution in [-0.2, 0) is 13.2 Å². The first kappa shape index (κ1) is 17.1. The summed E-state index contributed by atoms with van der Waals surface area (Å²) in [5.41, 5.74) is 1.56. The summed E-state index contributed by atoms with van der Waals surface area (Å²) in [7, 11) is 0. The van der Waals surface area contributed by atoms with Crippen molar-refractivity contribution in [2.75, 3.05) is 0 Å². The van der Waals surface area contributed by atoms with Gasteiger partial charge in [0.25, 0.3) is 0 Å². The van der Waals surface area contributed by atoms with Crippen molar-refractivity contribution in [2.24, 2.45) is 0 Å². The van der Waals surface area contributed by atoms with Gasteiger partial charge in [0, 0.05) is 20.8 Å². The smallest absolute Gasteiger partial charge is 0.404 e. The van der Waals surface area contributed by atoms with Gasteiger partial charge in [-0.05, 0) is 39.2 Å². The van der Waals surface area contributed by atoms with Crippen LogP contribution in [0.4, 0.5) is 4.79 Å². The van der Waals surface area contributed by atoms with Gasteiger partial charge in [-0.1, -0.05) is 47.6 Å². The predicted molar refractivity (Wildman–Crippen MR) is 90.5 cm³/mol. The maximum atomic E-state index is 10.7. The predicted octanol–water partition coefficient (Wildman–Crippen LogP) is 4.51. The molecule has 3 N–H and O–H groups in total. The van der Waals surface area contributed by atoms with E-state index < -0.39 is 6.09 Å². The van der Waals surface area contributed by atoms with Crippen molar-refractivity contribution in [1.82, 2.24) is 5.32 Å². The van der Waals surface area contributed by atoms with E-state index in [-0.39, 0.29) is 13.2 Å². The zero-order valence-corrected chi connectivity index (χ0v) is 14.5. The molecule has 2 rings (SSSR count). The third-order valence-electron chi connectivity index (χ3n) is 2.92. The molecule has 0 atom stereocenters. The second-order valence-corrected chi connectivity index (χ2v) is 6.66. The van der Waals surface area contributed by atoms with Gasteiger partial charge < -0.3 is 15.5 Å². The number of nitrogens with one attached hydrogen (secondary N) is 1. The van der Waals surface area contributed by atoms with Crippen LogP contribution in [-0.4, -0.2) is 16.3 Å². The summed E-state index contributed by atoms with van der Waals surface area (Å²) >= 11 is 11.1. The maximum absolute atomic E-state index is 10.7. The van der Waals surface area contributed by atoms with Crippen molar-refractivity contribution in [1.29, 1.82) is 0 Å². The van der Waals surface area contributed by atoms with Crippen LogP contribution in [0.2, 0.25) is 5.02 Å². The largest absolute Gasteiger partial charge is 0.465 e. The Labute approximate surface area is 145 Å². The molecule has 1 amide bonds. The molecule has 2 aromatic rings. The molecule has 0 radical (unpaired) electrons. The number of aliphatic hydroxyl groups excluding tert-OH is 1. The second kappa shape index (κ2) is 7.87. The van der Waals surface area contributed by atoms with Gasteiger partial charge in [0.05, 0.1) is 11.6 Å². The molecule has 116 valence electrons. The van der Waals surface area contributed by atoms with Crippen LogP contribution >= 0.6 is 39.3 Å². The van der Waals surface area contributed by atoms with E-state index in [0.717, 1.165) is 25.4 Å². The molecule has 0 bridgehead atoms. The Morgan fingerprint density at radius 1 is 1.23 bits per heavy atom. The summed E-state index contributed by atoms with van der Waals surface area (Å²) in [6, 6.07) is 11.1. The average Bonchev–Trinajstić information content (AvgIpc) is 2.51. The van der Waals surface area contributed by atoms with E-state index in [1.165, 1.54) is 11.8 Å². The number of carboxylic acid groups (broad SMARTS) is 1. The Balaban J connectivity index is 2.39. The Bertz CT molecular complexity index is 696. The Morgan fingerprint density at radius 2 is 1.95 bits per heavy atom. The molecule has 0 aliphatic carbocycles. The molecule has 0 saturated carbocycles. The lowest BCUT2D eigenvalue weighted by molar-refractivity contribution is 0.194. The lowest BCUT2D eigenvalue weighted by Gasteiger charge is -2.14. The zero-order valence-electron chi connectivity index (χ0n) is 11.3. The molecule has 0 aliphatic rings. The summed E-state index contributed by atoms with van der Waals surface area (Å²) < 4.78 is 0.734. The van der Waals surface area contributed by atoms with Gasteiger partial charge in [-0.15, -0.1) is 0 Å². The number of amides is 1. The molecule has 2 aromatic carbocycles. The number of benzene rings is 2. The Kier molecular flexibility index (Phi) is 6.14. The summed E-state index contributed by atoms with van der Waals surface area (Å²) in [6.07, 6.45) is -1.09. The number of carbonyl (C=O) groups is 1. The minimum Gasteiger partial charge on any atom is -0.465 e. The summed E-state index contributed by atoms with van der Waals surface area (Å²) in [4.78, 5) is 12.3. The standard InChI is InChI=1S/C15H13BrClNO3S/c16-11-6-5-9(7-18-15(20)21)14(13(11)17)22-12-4-2-1-3-10(12)8-19/h1-6,18-19H,7-8H2,(H,20,21). The van der Waals surface area contributed by atoms with Crippen LogP contribution in [0.3, 0.4) is 0 Å². The summed E-state index contributed by atoms with van der Waals surface area (Å²) in [5, 5.41) is 21.0. The second-order valence-electron chi connectivity index (χ2n) is 4.38. The quantitative estimate of drug-likeness (QED) is 0.688. The maximum Gasteiger partial charge on any atom is 0.404 e. The highest BCUT2D eigenvalue weighted by atomic mass is 79.9. The van der Waals surface area contributed by atoms with Crippen molar-refractivity contribution in [3.8, 4) is 0 Å². The van der Waals surface area contributed by atoms with Crippen LogP contribution in [0, 0.1) is 0 Å². The molecule has 0 fully saturated rings. The Hall–Kier alpha value is -1.21. The van der Waals surface area contributed by atoms with Crippen molar-refractivity contribution in [3.05, 3.63) is 57.0 Å². The fourth-order valence-corrected chi connectivity index (χ4v) is 3.70. The van der Waals surface area contributed by atoms with Crippen LogP contribution in [0.25, 0.3) is 0 Å². The minimum absolute atomic E-state index is 0.0719. The van der Waals surface area contributed by atoms with Crippen LogP contribution in [0.1, 0.15) is 11.1 Å². The van der Waals surface area contributed by atoms with Crippen molar-refractivity contribution in [2.45, 2.75) is 22.9 Å². The number of rotatable bonds is 5. The van der Waals surface area contributed by atoms with E-state index in [4.69, 9.17) is 16.7 Å². The molecule has 0 unspecified atom stereocenters. The van der Waals surface area contributed by atoms with Crippen LogP contribution < -0.4 is 5.32 Å². The van der Waals surface area contributed by atoms with Gasteiger partial charge >= 0.3 is 6.09 Å². The molecule has 0 spiro atoms. The lowest BCUT2D eigenvalue weighted by Crippen LogP contribution is -2.20. The summed E-state index contributed by atoms with van der Waals surface area (Å²) in [5.74, 6) is 0. The molecule has 22 heavy (non-hydrogen) atoms. The van der Waals surface area contributed by atoms with Crippen LogP contribution in [0.5, 0.6) is 0 Å². The third-order valence-corrected chi connectivity index (χ3v) is 5.60. The van der Waals surface area contributed by atoms with Crippen molar-refractivity contribution in [3.63, 3.8) is 0 Å². The molecule has 0 saturated heterocycles. The van der Waals surface area contributed by atoms with E-state index >= 15 is 0 Å². The van der Waals surface area contributed by atoms with E-state index in [2.05, 4.69) is 21.2 Å². The number of hydrogen-bond donors (Lipinski definition) is 3. The number of halogens is 2. The Morgan fingerprint density at radius 3 is 2.64 bits per heavy atom. The normalized spacial score (nSPS) is 10.5. The van der Waals surface area contributed by atoms with Gasteiger partial charge in [0.2, 0.25) is 0 Å². The highest BCUT2D eigenvalue weighted by Gasteiger charge is 2.14. The first-order chi connectivity index (χ1) is 10.5. The lowest BCUT2D eigenvalue weighted by atomic mass is 10.2. The molecule has 0 aromatic heterocycles. The topological polar surface area (TPSA) is 69.6 Å². The van der Waals surface area contributed by atoms with E-state index in [1.807, 2.05) is 30.3 Å². The van der Waals surface area contributed by atoms with Crippen molar-refractivity contribution >= 4 is 45.4 Å². The molecule has 4 nitrogen and oxygen atoms in total. The first-order valence-electron chi connectivity index (χ1n) is 6.33. The summed E-state index contributed by atoms with van der Waals surface area (Å²) in [6.45, 7) is 0.0868. The zero-order chi connectivity index (χ0) is 16.1. The highest BCUT2D eigenvalue weighted by Crippen LogP contribution is 2.41. The number of hydrogen-bond acceptors (Lipinski definition) is 3. The van der Waals surface area contributed by atoms with Gasteiger partial charge in [0.15, 0.2) is 0 Å². The number of aliphatic hydroxyl groups is 1. The average molecular weight is 403 g/mol. The minimum atomic E-state index is -1.09. The monoisotopic (exact) mass is 401 g/mol. The third kappa shape index (κ3) is 4.16. The van der Waals surface area contributed by atoms with E-state index in [1.54, 1.807) is 6.07 Å². The molecule has 7 heteroatoms. The van der Waals surface area contributed by atoms with Gasteiger partial charge in [-0.3, -0.25) is 0 Å². The van der Waals surface area contributed by atoms with Gasteiger partial charge in [0.1, 0.15) is 0 Å². The fourth-order valence-electron chi connectivity index (χ4n) is 1.84. The van der Waals surface area contributed by atoms with Gasteiger partial charge in [-0.25, -0.2) is 4.79 Å². The van der Waals surface area contributed by atoms with Gasteiger partial charge in [-0.2, -0.15) is 0 Å². The molecule has 0 aliphatic heterocycles. The van der Waals surface area contributed by atoms with Crippen LogP contribution in [0.15, 0.2) is 50.7 Å². The molecular weight excluding hydrogens is 390 g/mol. The van der Waals surface area contributed by atoms with Crippen molar-refractivity contribution < 1.29 is 15.0 Å².